The molecular formula is C12H17NO4S. The van der Waals surface area contributed by atoms with Crippen molar-refractivity contribution >= 4 is 17.3 Å². The quantitative estimate of drug-likeness (QED) is 0.760. The monoisotopic (exact) mass is 271 g/mol. The van der Waals surface area contributed by atoms with E-state index in [1.807, 2.05) is 0 Å². The summed E-state index contributed by atoms with van der Waals surface area (Å²) in [5.41, 5.74) is 0.777. The molecule has 100 valence electrons. The summed E-state index contributed by atoms with van der Waals surface area (Å²) in [4.78, 5) is 16.6. The fourth-order valence-corrected chi connectivity index (χ4v) is 3.15. The van der Waals surface area contributed by atoms with Crippen LogP contribution in [0.1, 0.15) is 27.9 Å². The van der Waals surface area contributed by atoms with E-state index in [-0.39, 0.29) is 0 Å². The molecule has 1 N–H and O–H groups in total. The minimum Gasteiger partial charge on any atom is -0.481 e. The fraction of sp³-hybridized carbons (Fsp3) is 0.667. The molecule has 0 aliphatic heterocycles. The van der Waals surface area contributed by atoms with E-state index in [1.54, 1.807) is 18.4 Å². The number of aromatic nitrogens is 1. The zero-order valence-corrected chi connectivity index (χ0v) is 11.2. The van der Waals surface area contributed by atoms with Gasteiger partial charge in [0.2, 0.25) is 0 Å². The summed E-state index contributed by atoms with van der Waals surface area (Å²) in [5.74, 6) is -1.17. The first kappa shape index (κ1) is 13.5. The molecule has 0 bridgehead atoms. The Hall–Kier alpha value is -0.980. The van der Waals surface area contributed by atoms with Gasteiger partial charge in [-0.15, -0.1) is 11.3 Å². The number of rotatable bonds is 7. The molecule has 0 fully saturated rings. The van der Waals surface area contributed by atoms with Gasteiger partial charge in [0, 0.05) is 18.4 Å². The highest BCUT2D eigenvalue weighted by Crippen LogP contribution is 2.36. The van der Waals surface area contributed by atoms with Gasteiger partial charge in [0.05, 0.1) is 30.5 Å². The number of ether oxygens (including phenoxy) is 2. The molecule has 2 rings (SSSR count). The van der Waals surface area contributed by atoms with Crippen molar-refractivity contribution in [3.05, 3.63) is 15.6 Å². The molecule has 0 amide bonds. The van der Waals surface area contributed by atoms with Crippen LogP contribution >= 0.6 is 11.3 Å². The van der Waals surface area contributed by atoms with Gasteiger partial charge in [-0.3, -0.25) is 4.79 Å². The Morgan fingerprint density at radius 1 is 1.50 bits per heavy atom. The summed E-state index contributed by atoms with van der Waals surface area (Å²) < 4.78 is 10.3. The van der Waals surface area contributed by atoms with Crippen LogP contribution in [-0.4, -0.2) is 43.0 Å². The molecule has 0 radical (unpaired) electrons. The van der Waals surface area contributed by atoms with Crippen molar-refractivity contribution in [2.75, 3.05) is 26.9 Å². The number of aryl methyl sites for hydroxylation is 1. The minimum atomic E-state index is -0.762. The van der Waals surface area contributed by atoms with Gasteiger partial charge >= 0.3 is 5.97 Å². The number of carboxylic acids is 1. The van der Waals surface area contributed by atoms with Gasteiger partial charge < -0.3 is 14.6 Å². The molecule has 1 aliphatic carbocycles. The van der Waals surface area contributed by atoms with Crippen LogP contribution in [0.3, 0.4) is 0 Å². The lowest BCUT2D eigenvalue weighted by atomic mass is 10.1. The van der Waals surface area contributed by atoms with Gasteiger partial charge in [0.25, 0.3) is 0 Å². The summed E-state index contributed by atoms with van der Waals surface area (Å²) in [6.45, 7) is 1.78. The molecule has 0 spiro atoms. The number of carbonyl (C=O) groups is 1. The second-order valence-corrected chi connectivity index (χ2v) is 5.37. The maximum atomic E-state index is 11.0. The molecule has 1 aromatic rings. The lowest BCUT2D eigenvalue weighted by Crippen LogP contribution is -2.09. The highest BCUT2D eigenvalue weighted by molar-refractivity contribution is 7.11. The SMILES string of the molecule is COCCOCCc1nc2c(s1)CCC2C(=O)O. The third-order valence-electron chi connectivity index (χ3n) is 2.95. The number of nitrogens with zero attached hydrogens (tertiary/aromatic N) is 1. The molecule has 0 aromatic carbocycles. The minimum absolute atomic E-state index is 0.403. The predicted octanol–water partition coefficient (Wildman–Crippen LogP) is 1.46. The summed E-state index contributed by atoms with van der Waals surface area (Å²) in [5, 5.41) is 10.0. The molecule has 1 aromatic heterocycles. The van der Waals surface area contributed by atoms with Crippen molar-refractivity contribution in [3.8, 4) is 0 Å². The van der Waals surface area contributed by atoms with Gasteiger partial charge in [-0.05, 0) is 12.8 Å². The van der Waals surface area contributed by atoms with Crippen molar-refractivity contribution in [3.63, 3.8) is 0 Å². The zero-order chi connectivity index (χ0) is 13.0. The van der Waals surface area contributed by atoms with Crippen LogP contribution < -0.4 is 0 Å². The molecular weight excluding hydrogens is 254 g/mol. The molecule has 1 atom stereocenters. The van der Waals surface area contributed by atoms with E-state index in [9.17, 15) is 4.79 Å². The van der Waals surface area contributed by atoms with Crippen LogP contribution in [-0.2, 0) is 27.1 Å². The van der Waals surface area contributed by atoms with Crippen LogP contribution in [0.5, 0.6) is 0 Å². The number of fused-ring (bicyclic) bond motifs is 1. The van der Waals surface area contributed by atoms with E-state index < -0.39 is 11.9 Å². The van der Waals surface area contributed by atoms with E-state index in [0.717, 1.165) is 28.4 Å². The van der Waals surface area contributed by atoms with Crippen molar-refractivity contribution in [1.29, 1.82) is 0 Å². The first-order chi connectivity index (χ1) is 8.72. The molecule has 1 unspecified atom stereocenters. The second kappa shape index (κ2) is 6.26. The lowest BCUT2D eigenvalue weighted by molar-refractivity contribution is -0.138. The Bertz CT molecular complexity index is 418. The van der Waals surface area contributed by atoms with Gasteiger partial charge in [-0.25, -0.2) is 4.98 Å². The average Bonchev–Trinajstić information content (AvgIpc) is 2.87. The largest absolute Gasteiger partial charge is 0.481 e. The highest BCUT2D eigenvalue weighted by Gasteiger charge is 2.32. The molecule has 0 saturated carbocycles. The maximum absolute atomic E-state index is 11.0. The van der Waals surface area contributed by atoms with Crippen molar-refractivity contribution in [2.45, 2.75) is 25.2 Å². The zero-order valence-electron chi connectivity index (χ0n) is 10.3. The number of carboxylic acid groups (broad SMARTS) is 1. The van der Waals surface area contributed by atoms with Crippen LogP contribution in [0.15, 0.2) is 0 Å². The number of hydrogen-bond acceptors (Lipinski definition) is 5. The highest BCUT2D eigenvalue weighted by atomic mass is 32.1. The summed E-state index contributed by atoms with van der Waals surface area (Å²) in [6.07, 6.45) is 2.27. The van der Waals surface area contributed by atoms with Crippen molar-refractivity contribution in [1.82, 2.24) is 4.98 Å². The Labute approximate surface area is 110 Å². The summed E-state index contributed by atoms with van der Waals surface area (Å²) in [6, 6.07) is 0. The van der Waals surface area contributed by atoms with Crippen LogP contribution in [0.2, 0.25) is 0 Å². The fourth-order valence-electron chi connectivity index (χ4n) is 2.03. The summed E-state index contributed by atoms with van der Waals surface area (Å²) >= 11 is 1.62. The molecule has 18 heavy (non-hydrogen) atoms. The molecule has 0 saturated heterocycles. The van der Waals surface area contributed by atoms with Crippen LogP contribution in [0.25, 0.3) is 0 Å². The summed E-state index contributed by atoms with van der Waals surface area (Å²) in [7, 11) is 1.64. The van der Waals surface area contributed by atoms with Crippen LogP contribution in [0.4, 0.5) is 0 Å². The molecule has 6 heteroatoms. The second-order valence-electron chi connectivity index (χ2n) is 4.20. The maximum Gasteiger partial charge on any atom is 0.312 e. The van der Waals surface area contributed by atoms with E-state index in [0.29, 0.717) is 26.2 Å². The Morgan fingerprint density at radius 3 is 3.06 bits per heavy atom. The molecule has 1 heterocycles. The van der Waals surface area contributed by atoms with Gasteiger partial charge in [0.1, 0.15) is 5.92 Å². The standard InChI is InChI=1S/C12H17NO4S/c1-16-6-7-17-5-4-10-13-11-8(12(14)15)2-3-9(11)18-10/h8H,2-7H2,1H3,(H,14,15). The van der Waals surface area contributed by atoms with Crippen LogP contribution in [0, 0.1) is 0 Å². The number of thiazole rings is 1. The first-order valence-electron chi connectivity index (χ1n) is 6.00. The lowest BCUT2D eigenvalue weighted by Gasteiger charge is -2.02. The van der Waals surface area contributed by atoms with E-state index >= 15 is 0 Å². The third kappa shape index (κ3) is 3.07. The van der Waals surface area contributed by atoms with E-state index in [1.165, 1.54) is 0 Å². The van der Waals surface area contributed by atoms with Gasteiger partial charge in [-0.2, -0.15) is 0 Å². The topological polar surface area (TPSA) is 68.7 Å². The number of methoxy groups -OCH3 is 1. The predicted molar refractivity (Wildman–Crippen MR) is 67.2 cm³/mol. The number of aliphatic carboxylic acids is 1. The normalized spacial score (nSPS) is 17.9. The molecule has 1 aliphatic rings. The van der Waals surface area contributed by atoms with E-state index in [2.05, 4.69) is 4.98 Å². The van der Waals surface area contributed by atoms with Gasteiger partial charge in [0.15, 0.2) is 0 Å². The Morgan fingerprint density at radius 2 is 2.33 bits per heavy atom. The van der Waals surface area contributed by atoms with Gasteiger partial charge in [-0.1, -0.05) is 0 Å². The molecule has 5 nitrogen and oxygen atoms in total. The van der Waals surface area contributed by atoms with Crippen molar-refractivity contribution in [2.24, 2.45) is 0 Å². The smallest absolute Gasteiger partial charge is 0.312 e. The Balaban J connectivity index is 1.85. The Kier molecular flexibility index (Phi) is 4.68. The van der Waals surface area contributed by atoms with Crippen molar-refractivity contribution < 1.29 is 19.4 Å². The number of hydrogen-bond donors (Lipinski definition) is 1. The average molecular weight is 271 g/mol. The third-order valence-corrected chi connectivity index (χ3v) is 4.14. The first-order valence-corrected chi connectivity index (χ1v) is 6.82. The van der Waals surface area contributed by atoms with E-state index in [4.69, 9.17) is 14.6 Å².